The molecule has 0 spiro atoms. The molecular formula is C22H23N3O3. The van der Waals surface area contributed by atoms with Gasteiger partial charge in [-0.1, -0.05) is 24.3 Å². The molecule has 6 nitrogen and oxygen atoms in total. The Morgan fingerprint density at radius 2 is 1.82 bits per heavy atom. The minimum atomic E-state index is -0.291. The number of fused-ring (bicyclic) bond motifs is 1. The first-order valence-electron chi connectivity index (χ1n) is 9.66. The third kappa shape index (κ3) is 3.68. The number of imide groups is 1. The van der Waals surface area contributed by atoms with Crippen molar-refractivity contribution in [2.24, 2.45) is 5.92 Å². The number of rotatable bonds is 6. The molecule has 2 aromatic carbocycles. The molecule has 2 aliphatic heterocycles. The first-order chi connectivity index (χ1) is 13.6. The van der Waals surface area contributed by atoms with Crippen molar-refractivity contribution < 1.29 is 14.4 Å². The summed E-state index contributed by atoms with van der Waals surface area (Å²) in [4.78, 5) is 38.7. The van der Waals surface area contributed by atoms with Crippen molar-refractivity contribution in [2.75, 3.05) is 19.6 Å². The minimum absolute atomic E-state index is 0.129. The first kappa shape index (κ1) is 18.4. The fourth-order valence-electron chi connectivity index (χ4n) is 3.83. The second-order valence-electron chi connectivity index (χ2n) is 7.35. The van der Waals surface area contributed by atoms with E-state index in [0.29, 0.717) is 29.2 Å². The van der Waals surface area contributed by atoms with Gasteiger partial charge in [0.15, 0.2) is 0 Å². The molecular weight excluding hydrogens is 354 g/mol. The summed E-state index contributed by atoms with van der Waals surface area (Å²) >= 11 is 0. The summed E-state index contributed by atoms with van der Waals surface area (Å²) in [7, 11) is 0. The molecule has 1 fully saturated rings. The Hall–Kier alpha value is -2.99. The normalized spacial score (nSPS) is 18.4. The van der Waals surface area contributed by atoms with Crippen LogP contribution in [0, 0.1) is 5.92 Å². The molecule has 2 N–H and O–H groups in total. The highest BCUT2D eigenvalue weighted by molar-refractivity contribution is 6.21. The smallest absolute Gasteiger partial charge is 0.261 e. The van der Waals surface area contributed by atoms with E-state index in [1.807, 2.05) is 6.07 Å². The SMILES string of the molecule is O=C(NCCC1CCNC1)c1cccc(CN2C(=O)c3ccccc3C2=O)c1. The van der Waals surface area contributed by atoms with Crippen LogP contribution in [0.15, 0.2) is 48.5 Å². The Morgan fingerprint density at radius 1 is 1.07 bits per heavy atom. The van der Waals surface area contributed by atoms with Gasteiger partial charge in [0.2, 0.25) is 0 Å². The van der Waals surface area contributed by atoms with Gasteiger partial charge >= 0.3 is 0 Å². The monoisotopic (exact) mass is 377 g/mol. The number of amides is 3. The summed E-state index contributed by atoms with van der Waals surface area (Å²) in [6.45, 7) is 2.87. The second kappa shape index (κ2) is 7.94. The molecule has 0 aliphatic carbocycles. The number of carbonyl (C=O) groups excluding carboxylic acids is 3. The summed E-state index contributed by atoms with van der Waals surface area (Å²) in [5.41, 5.74) is 2.16. The van der Waals surface area contributed by atoms with E-state index in [1.54, 1.807) is 42.5 Å². The lowest BCUT2D eigenvalue weighted by Crippen LogP contribution is -2.29. The van der Waals surface area contributed by atoms with Gasteiger partial charge in [-0.05, 0) is 61.7 Å². The van der Waals surface area contributed by atoms with Crippen LogP contribution in [0.4, 0.5) is 0 Å². The molecule has 0 saturated carbocycles. The van der Waals surface area contributed by atoms with E-state index in [-0.39, 0.29) is 24.3 Å². The molecule has 2 aliphatic rings. The molecule has 2 heterocycles. The lowest BCUT2D eigenvalue weighted by atomic mass is 10.1. The highest BCUT2D eigenvalue weighted by atomic mass is 16.2. The van der Waals surface area contributed by atoms with Gasteiger partial charge in [0.05, 0.1) is 17.7 Å². The van der Waals surface area contributed by atoms with Gasteiger partial charge in [0.25, 0.3) is 17.7 Å². The van der Waals surface area contributed by atoms with Crippen molar-refractivity contribution in [3.63, 3.8) is 0 Å². The molecule has 144 valence electrons. The standard InChI is InChI=1S/C22H23N3O3/c26-20(24-11-9-15-8-10-23-13-15)17-5-3-4-16(12-17)14-25-21(27)18-6-1-2-7-19(18)22(25)28/h1-7,12,15,23H,8-11,13-14H2,(H,24,26). The average Bonchev–Trinajstić information content (AvgIpc) is 3.32. The van der Waals surface area contributed by atoms with Crippen LogP contribution in [0.5, 0.6) is 0 Å². The summed E-state index contributed by atoms with van der Waals surface area (Å²) in [5.74, 6) is -0.0862. The maximum absolute atomic E-state index is 12.5. The van der Waals surface area contributed by atoms with E-state index in [4.69, 9.17) is 0 Å². The van der Waals surface area contributed by atoms with Gasteiger partial charge in [0.1, 0.15) is 0 Å². The number of benzene rings is 2. The Bertz CT molecular complexity index is 884. The summed E-state index contributed by atoms with van der Waals surface area (Å²) in [6.07, 6.45) is 2.12. The topological polar surface area (TPSA) is 78.5 Å². The van der Waals surface area contributed by atoms with Crippen molar-refractivity contribution in [3.8, 4) is 0 Å². The molecule has 1 unspecified atom stereocenters. The van der Waals surface area contributed by atoms with Crippen molar-refractivity contribution in [2.45, 2.75) is 19.4 Å². The van der Waals surface area contributed by atoms with Gasteiger partial charge in [-0.15, -0.1) is 0 Å². The molecule has 0 radical (unpaired) electrons. The Labute approximate surface area is 163 Å². The van der Waals surface area contributed by atoms with E-state index < -0.39 is 0 Å². The van der Waals surface area contributed by atoms with Crippen LogP contribution in [0.25, 0.3) is 0 Å². The average molecular weight is 377 g/mol. The van der Waals surface area contributed by atoms with E-state index in [9.17, 15) is 14.4 Å². The quantitative estimate of drug-likeness (QED) is 0.757. The first-order valence-corrected chi connectivity index (χ1v) is 9.66. The van der Waals surface area contributed by atoms with Gasteiger partial charge in [-0.25, -0.2) is 0 Å². The van der Waals surface area contributed by atoms with E-state index in [0.717, 1.165) is 31.5 Å². The van der Waals surface area contributed by atoms with Crippen LogP contribution < -0.4 is 10.6 Å². The van der Waals surface area contributed by atoms with E-state index in [2.05, 4.69) is 10.6 Å². The number of hydrogen-bond acceptors (Lipinski definition) is 4. The highest BCUT2D eigenvalue weighted by Gasteiger charge is 2.34. The van der Waals surface area contributed by atoms with E-state index >= 15 is 0 Å². The van der Waals surface area contributed by atoms with Gasteiger partial charge < -0.3 is 10.6 Å². The van der Waals surface area contributed by atoms with Crippen LogP contribution in [0.3, 0.4) is 0 Å². The molecule has 4 rings (SSSR count). The molecule has 2 aromatic rings. The number of hydrogen-bond donors (Lipinski definition) is 2. The van der Waals surface area contributed by atoms with Crippen molar-refractivity contribution in [1.82, 2.24) is 15.5 Å². The van der Waals surface area contributed by atoms with Crippen LogP contribution >= 0.6 is 0 Å². The van der Waals surface area contributed by atoms with Crippen LogP contribution in [0.2, 0.25) is 0 Å². The second-order valence-corrected chi connectivity index (χ2v) is 7.35. The highest BCUT2D eigenvalue weighted by Crippen LogP contribution is 2.24. The third-order valence-corrected chi connectivity index (χ3v) is 5.41. The Morgan fingerprint density at radius 3 is 2.50 bits per heavy atom. The predicted molar refractivity (Wildman–Crippen MR) is 105 cm³/mol. The Kier molecular flexibility index (Phi) is 5.21. The number of nitrogens with zero attached hydrogens (tertiary/aromatic N) is 1. The number of carbonyl (C=O) groups is 3. The molecule has 1 saturated heterocycles. The van der Waals surface area contributed by atoms with Crippen molar-refractivity contribution >= 4 is 17.7 Å². The fraction of sp³-hybridized carbons (Fsp3) is 0.318. The van der Waals surface area contributed by atoms with Crippen molar-refractivity contribution in [3.05, 3.63) is 70.8 Å². The maximum atomic E-state index is 12.5. The van der Waals surface area contributed by atoms with Crippen molar-refractivity contribution in [1.29, 1.82) is 0 Å². The molecule has 0 bridgehead atoms. The third-order valence-electron chi connectivity index (χ3n) is 5.41. The minimum Gasteiger partial charge on any atom is -0.352 e. The fourth-order valence-corrected chi connectivity index (χ4v) is 3.83. The number of nitrogens with one attached hydrogen (secondary N) is 2. The molecule has 0 aromatic heterocycles. The van der Waals surface area contributed by atoms with E-state index in [1.165, 1.54) is 4.90 Å². The molecule has 6 heteroatoms. The van der Waals surface area contributed by atoms with Gasteiger partial charge in [-0.3, -0.25) is 19.3 Å². The zero-order chi connectivity index (χ0) is 19.5. The van der Waals surface area contributed by atoms with Gasteiger partial charge in [-0.2, -0.15) is 0 Å². The van der Waals surface area contributed by atoms with Crippen LogP contribution in [0.1, 0.15) is 49.5 Å². The zero-order valence-electron chi connectivity index (χ0n) is 15.6. The lowest BCUT2D eigenvalue weighted by Gasteiger charge is -2.15. The van der Waals surface area contributed by atoms with Gasteiger partial charge in [0, 0.05) is 12.1 Å². The van der Waals surface area contributed by atoms with Crippen LogP contribution in [-0.4, -0.2) is 42.3 Å². The summed E-state index contributed by atoms with van der Waals surface area (Å²) in [5, 5.41) is 6.29. The predicted octanol–water partition coefficient (Wildman–Crippen LogP) is 2.21. The lowest BCUT2D eigenvalue weighted by molar-refractivity contribution is 0.0642. The zero-order valence-corrected chi connectivity index (χ0v) is 15.6. The van der Waals surface area contributed by atoms with Crippen LogP contribution in [-0.2, 0) is 6.54 Å². The molecule has 28 heavy (non-hydrogen) atoms. The summed E-state index contributed by atoms with van der Waals surface area (Å²) in [6, 6.07) is 13.9. The Balaban J connectivity index is 1.39. The largest absolute Gasteiger partial charge is 0.352 e. The summed E-state index contributed by atoms with van der Waals surface area (Å²) < 4.78 is 0. The molecule has 1 atom stereocenters. The molecule has 3 amide bonds. The maximum Gasteiger partial charge on any atom is 0.261 e.